The number of methoxy groups -OCH3 is 1. The van der Waals surface area contributed by atoms with Crippen molar-refractivity contribution >= 4 is 23.2 Å². The third kappa shape index (κ3) is 2.39. The molecule has 0 saturated heterocycles. The molecular formula is C16H12ClF3N2O2. The van der Waals surface area contributed by atoms with Crippen LogP contribution in [-0.4, -0.2) is 18.0 Å². The minimum absolute atomic E-state index is 0.0272. The number of alkyl halides is 3. The molecule has 2 heterocycles. The molecule has 8 heteroatoms. The average Bonchev–Trinajstić information content (AvgIpc) is 2.78. The van der Waals surface area contributed by atoms with Crippen LogP contribution in [0.25, 0.3) is 0 Å². The second kappa shape index (κ2) is 5.37. The van der Waals surface area contributed by atoms with Crippen LogP contribution in [0.2, 0.25) is 5.02 Å². The van der Waals surface area contributed by atoms with Crippen LogP contribution in [0.3, 0.4) is 0 Å². The third-order valence-corrected chi connectivity index (χ3v) is 4.33. The van der Waals surface area contributed by atoms with Crippen LogP contribution in [-0.2, 0) is 16.4 Å². The number of carbonyl (C=O) groups excluding carboxylic acids is 1. The zero-order valence-corrected chi connectivity index (χ0v) is 13.4. The number of aromatic nitrogens is 1. The predicted octanol–water partition coefficient (Wildman–Crippen LogP) is 4.02. The average molecular weight is 357 g/mol. The molecule has 0 saturated carbocycles. The monoisotopic (exact) mass is 356 g/mol. The number of pyridine rings is 1. The van der Waals surface area contributed by atoms with E-state index in [0.29, 0.717) is 22.5 Å². The van der Waals surface area contributed by atoms with Gasteiger partial charge in [0.2, 0.25) is 5.91 Å². The smallest absolute Gasteiger partial charge is 0.417 e. The van der Waals surface area contributed by atoms with E-state index in [-0.39, 0.29) is 11.4 Å². The molecule has 1 aliphatic heterocycles. The van der Waals surface area contributed by atoms with Crippen molar-refractivity contribution in [2.45, 2.75) is 18.5 Å². The number of carbonyl (C=O) groups is 1. The number of ether oxygens (including phenoxy) is 1. The van der Waals surface area contributed by atoms with E-state index in [1.54, 1.807) is 25.1 Å². The van der Waals surface area contributed by atoms with E-state index in [1.165, 1.54) is 7.11 Å². The van der Waals surface area contributed by atoms with Crippen molar-refractivity contribution in [3.8, 4) is 5.75 Å². The molecule has 4 nitrogen and oxygen atoms in total. The van der Waals surface area contributed by atoms with Gasteiger partial charge in [-0.3, -0.25) is 9.78 Å². The number of hydrogen-bond donors (Lipinski definition) is 1. The molecule has 1 amide bonds. The molecule has 0 unspecified atom stereocenters. The van der Waals surface area contributed by atoms with Crippen molar-refractivity contribution in [3.05, 3.63) is 52.3 Å². The number of rotatable bonds is 2. The molecule has 0 aliphatic carbocycles. The molecule has 0 radical (unpaired) electrons. The minimum Gasteiger partial charge on any atom is -0.496 e. The molecule has 1 aromatic carbocycles. The summed E-state index contributed by atoms with van der Waals surface area (Å²) in [7, 11) is 1.43. The van der Waals surface area contributed by atoms with Crippen molar-refractivity contribution < 1.29 is 22.7 Å². The van der Waals surface area contributed by atoms with Gasteiger partial charge < -0.3 is 10.1 Å². The van der Waals surface area contributed by atoms with Gasteiger partial charge in [0.1, 0.15) is 11.2 Å². The Hall–Kier alpha value is -2.28. The van der Waals surface area contributed by atoms with Gasteiger partial charge in [-0.1, -0.05) is 11.6 Å². The number of nitrogens with zero attached hydrogens (tertiary/aromatic N) is 1. The summed E-state index contributed by atoms with van der Waals surface area (Å²) in [5, 5.41) is 2.84. The standard InChI is InChI=1S/C16H12ClF3N2O2/c1-15(10-6-9(17)3-4-12(10)24-2)13-11(22-14(15)23)5-8(7-21-13)16(18,19)20/h3-7H,1-2H3,(H,22,23)/t15-/m0/s1. The molecule has 24 heavy (non-hydrogen) atoms. The van der Waals surface area contributed by atoms with Crippen LogP contribution < -0.4 is 10.1 Å². The van der Waals surface area contributed by atoms with E-state index in [4.69, 9.17) is 16.3 Å². The Balaban J connectivity index is 2.21. The number of nitrogens with one attached hydrogen (secondary N) is 1. The van der Waals surface area contributed by atoms with Crippen molar-refractivity contribution in [1.29, 1.82) is 0 Å². The Bertz CT molecular complexity index is 839. The molecule has 1 aromatic heterocycles. The molecular weight excluding hydrogens is 345 g/mol. The highest BCUT2D eigenvalue weighted by molar-refractivity contribution is 6.30. The normalized spacial score (nSPS) is 19.8. The topological polar surface area (TPSA) is 51.2 Å². The Morgan fingerprint density at radius 3 is 2.62 bits per heavy atom. The Morgan fingerprint density at radius 1 is 1.29 bits per heavy atom. The maximum absolute atomic E-state index is 12.9. The summed E-state index contributed by atoms with van der Waals surface area (Å²) >= 11 is 6.02. The van der Waals surface area contributed by atoms with E-state index in [1.807, 2.05) is 0 Å². The first-order valence-electron chi connectivity index (χ1n) is 6.91. The third-order valence-electron chi connectivity index (χ3n) is 4.09. The number of anilines is 1. The Labute approximate surface area is 140 Å². The summed E-state index contributed by atoms with van der Waals surface area (Å²) in [5.41, 5.74) is -1.58. The summed E-state index contributed by atoms with van der Waals surface area (Å²) in [6.45, 7) is 1.57. The van der Waals surface area contributed by atoms with Crippen molar-refractivity contribution in [1.82, 2.24) is 4.98 Å². The zero-order valence-electron chi connectivity index (χ0n) is 12.7. The first-order chi connectivity index (χ1) is 11.2. The van der Waals surface area contributed by atoms with Crippen molar-refractivity contribution in [3.63, 3.8) is 0 Å². The van der Waals surface area contributed by atoms with Crippen molar-refractivity contribution in [2.75, 3.05) is 12.4 Å². The molecule has 1 atom stereocenters. The van der Waals surface area contributed by atoms with Crippen LogP contribution in [0.15, 0.2) is 30.5 Å². The highest BCUT2D eigenvalue weighted by Gasteiger charge is 2.48. The quantitative estimate of drug-likeness (QED) is 0.884. The molecule has 126 valence electrons. The second-order valence-electron chi connectivity index (χ2n) is 5.54. The van der Waals surface area contributed by atoms with Gasteiger partial charge in [0, 0.05) is 16.8 Å². The fourth-order valence-corrected chi connectivity index (χ4v) is 2.96. The molecule has 0 fully saturated rings. The number of amides is 1. The number of hydrogen-bond acceptors (Lipinski definition) is 3. The predicted molar refractivity (Wildman–Crippen MR) is 82.3 cm³/mol. The van der Waals surface area contributed by atoms with E-state index < -0.39 is 23.1 Å². The Morgan fingerprint density at radius 2 is 2.00 bits per heavy atom. The second-order valence-corrected chi connectivity index (χ2v) is 5.98. The van der Waals surface area contributed by atoms with Crippen LogP contribution in [0.4, 0.5) is 18.9 Å². The first-order valence-corrected chi connectivity index (χ1v) is 7.29. The minimum atomic E-state index is -4.54. The fraction of sp³-hybridized carbons (Fsp3) is 0.250. The molecule has 0 spiro atoms. The van der Waals surface area contributed by atoms with Gasteiger partial charge in [0.15, 0.2) is 0 Å². The van der Waals surface area contributed by atoms with Crippen LogP contribution in [0.1, 0.15) is 23.7 Å². The maximum Gasteiger partial charge on any atom is 0.417 e. The lowest BCUT2D eigenvalue weighted by molar-refractivity contribution is -0.137. The molecule has 3 rings (SSSR count). The summed E-state index contributed by atoms with van der Waals surface area (Å²) in [6, 6.07) is 5.62. The van der Waals surface area contributed by atoms with E-state index in [0.717, 1.165) is 6.07 Å². The zero-order chi connectivity index (χ0) is 17.7. The van der Waals surface area contributed by atoms with Gasteiger partial charge in [0.05, 0.1) is 24.1 Å². The van der Waals surface area contributed by atoms with E-state index >= 15 is 0 Å². The number of fused-ring (bicyclic) bond motifs is 1. The van der Waals surface area contributed by atoms with Crippen LogP contribution in [0, 0.1) is 0 Å². The van der Waals surface area contributed by atoms with Gasteiger partial charge in [-0.15, -0.1) is 0 Å². The maximum atomic E-state index is 12.9. The van der Waals surface area contributed by atoms with Gasteiger partial charge in [0.25, 0.3) is 0 Å². The highest BCUT2D eigenvalue weighted by Crippen LogP contribution is 2.46. The summed E-state index contributed by atoms with van der Waals surface area (Å²) < 4.78 is 43.8. The number of benzene rings is 1. The lowest BCUT2D eigenvalue weighted by Gasteiger charge is -2.24. The van der Waals surface area contributed by atoms with Crippen LogP contribution in [0.5, 0.6) is 5.75 Å². The van der Waals surface area contributed by atoms with E-state index in [9.17, 15) is 18.0 Å². The first kappa shape index (κ1) is 16.6. The molecule has 0 bridgehead atoms. The lowest BCUT2D eigenvalue weighted by Crippen LogP contribution is -2.33. The summed E-state index contributed by atoms with van der Waals surface area (Å²) in [6.07, 6.45) is -3.83. The number of halogens is 4. The van der Waals surface area contributed by atoms with Crippen molar-refractivity contribution in [2.24, 2.45) is 0 Å². The highest BCUT2D eigenvalue weighted by atomic mass is 35.5. The van der Waals surface area contributed by atoms with Crippen LogP contribution >= 0.6 is 11.6 Å². The van der Waals surface area contributed by atoms with Gasteiger partial charge in [-0.2, -0.15) is 13.2 Å². The van der Waals surface area contributed by atoms with E-state index in [2.05, 4.69) is 10.3 Å². The molecule has 2 aromatic rings. The lowest BCUT2D eigenvalue weighted by atomic mass is 9.79. The fourth-order valence-electron chi connectivity index (χ4n) is 2.79. The summed E-state index contributed by atoms with van der Waals surface area (Å²) in [4.78, 5) is 16.5. The van der Waals surface area contributed by atoms with Gasteiger partial charge >= 0.3 is 6.18 Å². The Kier molecular flexibility index (Phi) is 3.71. The summed E-state index contributed by atoms with van der Waals surface area (Å²) in [5.74, 6) is -0.100. The molecule has 1 N–H and O–H groups in total. The largest absolute Gasteiger partial charge is 0.496 e. The van der Waals surface area contributed by atoms with Gasteiger partial charge in [-0.05, 0) is 31.2 Å². The molecule has 1 aliphatic rings. The van der Waals surface area contributed by atoms with Gasteiger partial charge in [-0.25, -0.2) is 0 Å². The SMILES string of the molecule is COc1ccc(Cl)cc1[C@]1(C)C(=O)Nc2cc(C(F)(F)F)cnc21.